The fourth-order valence-corrected chi connectivity index (χ4v) is 3.27. The van der Waals surface area contributed by atoms with Gasteiger partial charge < -0.3 is 9.73 Å². The van der Waals surface area contributed by atoms with Crippen LogP contribution in [-0.2, 0) is 13.0 Å². The highest BCUT2D eigenvalue weighted by Crippen LogP contribution is 2.30. The first-order valence-corrected chi connectivity index (χ1v) is 8.04. The zero-order valence-corrected chi connectivity index (χ0v) is 14.0. The minimum atomic E-state index is 0.718. The molecule has 0 aliphatic heterocycles. The van der Waals surface area contributed by atoms with E-state index in [4.69, 9.17) is 16.0 Å². The van der Waals surface area contributed by atoms with Gasteiger partial charge in [0.1, 0.15) is 11.3 Å². The normalized spacial score (nSPS) is 11.0. The molecule has 0 aliphatic carbocycles. The Morgan fingerprint density at radius 2 is 2.00 bits per heavy atom. The summed E-state index contributed by atoms with van der Waals surface area (Å²) in [7, 11) is 0. The summed E-state index contributed by atoms with van der Waals surface area (Å²) in [6.45, 7) is 2.83. The summed E-state index contributed by atoms with van der Waals surface area (Å²) in [5.74, 6) is 1.04. The number of benzene rings is 2. The highest BCUT2D eigenvalue weighted by Gasteiger charge is 2.12. The van der Waals surface area contributed by atoms with Crippen LogP contribution >= 0.6 is 27.5 Å². The largest absolute Gasteiger partial charge is 0.461 e. The Kier molecular flexibility index (Phi) is 4.22. The first-order valence-electron chi connectivity index (χ1n) is 6.87. The molecule has 1 heterocycles. The van der Waals surface area contributed by atoms with Gasteiger partial charge in [0.25, 0.3) is 0 Å². The molecule has 0 amide bonds. The van der Waals surface area contributed by atoms with Gasteiger partial charge in [0.15, 0.2) is 0 Å². The van der Waals surface area contributed by atoms with Crippen molar-refractivity contribution in [1.29, 1.82) is 0 Å². The lowest BCUT2D eigenvalue weighted by molar-refractivity contribution is 0.551. The summed E-state index contributed by atoms with van der Waals surface area (Å²) in [4.78, 5) is 0. The van der Waals surface area contributed by atoms with Gasteiger partial charge in [-0.25, -0.2) is 0 Å². The molecule has 0 saturated carbocycles. The monoisotopic (exact) mass is 363 g/mol. The smallest absolute Gasteiger partial charge is 0.134 e. The molecular formula is C17H15BrClNO. The van der Waals surface area contributed by atoms with Gasteiger partial charge in [0.2, 0.25) is 0 Å². The van der Waals surface area contributed by atoms with Crippen molar-refractivity contribution < 1.29 is 4.42 Å². The van der Waals surface area contributed by atoms with Crippen LogP contribution in [0, 0.1) is 0 Å². The minimum absolute atomic E-state index is 0.718. The van der Waals surface area contributed by atoms with E-state index in [9.17, 15) is 0 Å². The Morgan fingerprint density at radius 1 is 1.19 bits per heavy atom. The maximum atomic E-state index is 5.97. The van der Waals surface area contributed by atoms with Crippen LogP contribution in [0.1, 0.15) is 18.2 Å². The molecule has 2 nitrogen and oxygen atoms in total. The van der Waals surface area contributed by atoms with E-state index in [0.717, 1.165) is 39.5 Å². The van der Waals surface area contributed by atoms with Gasteiger partial charge in [-0.2, -0.15) is 0 Å². The number of hydrogen-bond acceptors (Lipinski definition) is 2. The van der Waals surface area contributed by atoms with Gasteiger partial charge in [0.05, 0.1) is 0 Å². The van der Waals surface area contributed by atoms with Gasteiger partial charge in [-0.3, -0.25) is 0 Å². The fourth-order valence-electron chi connectivity index (χ4n) is 2.45. The number of rotatable bonds is 4. The lowest BCUT2D eigenvalue weighted by Crippen LogP contribution is -2.01. The van der Waals surface area contributed by atoms with Crippen LogP contribution in [0.2, 0.25) is 5.02 Å². The SMILES string of the molecule is CCc1oc2ccccc2c1CNc1ccc(Cl)cc1Br. The van der Waals surface area contributed by atoms with E-state index in [1.807, 2.05) is 36.4 Å². The molecule has 3 rings (SSSR count). The third kappa shape index (κ3) is 2.94. The number of halogens is 2. The molecule has 4 heteroatoms. The van der Waals surface area contributed by atoms with Crippen molar-refractivity contribution in [2.75, 3.05) is 5.32 Å². The van der Waals surface area contributed by atoms with E-state index < -0.39 is 0 Å². The lowest BCUT2D eigenvalue weighted by Gasteiger charge is -2.09. The number of anilines is 1. The van der Waals surface area contributed by atoms with Crippen LogP contribution in [0.15, 0.2) is 51.4 Å². The van der Waals surface area contributed by atoms with Crippen molar-refractivity contribution in [3.8, 4) is 0 Å². The molecule has 0 unspecified atom stereocenters. The summed E-state index contributed by atoms with van der Waals surface area (Å²) < 4.78 is 6.87. The first kappa shape index (κ1) is 14.5. The molecule has 2 aromatic carbocycles. The molecular weight excluding hydrogens is 350 g/mol. The number of para-hydroxylation sites is 1. The number of fused-ring (bicyclic) bond motifs is 1. The van der Waals surface area contributed by atoms with Gasteiger partial charge in [0, 0.05) is 39.1 Å². The van der Waals surface area contributed by atoms with E-state index in [1.54, 1.807) is 0 Å². The Morgan fingerprint density at radius 3 is 2.76 bits per heavy atom. The van der Waals surface area contributed by atoms with Crippen LogP contribution in [0.3, 0.4) is 0 Å². The Hall–Kier alpha value is -1.45. The van der Waals surface area contributed by atoms with Crippen LogP contribution in [0.25, 0.3) is 11.0 Å². The van der Waals surface area contributed by atoms with Crippen LogP contribution in [0.5, 0.6) is 0 Å². The molecule has 0 atom stereocenters. The van der Waals surface area contributed by atoms with E-state index in [2.05, 4.69) is 34.2 Å². The zero-order valence-electron chi connectivity index (χ0n) is 11.6. The average Bonchev–Trinajstić information content (AvgIpc) is 2.84. The standard InChI is InChI=1S/C17H15BrClNO/c1-2-16-13(12-5-3-4-6-17(12)21-16)10-20-15-8-7-11(19)9-14(15)18/h3-9,20H,2,10H2,1H3. The fraction of sp³-hybridized carbons (Fsp3) is 0.176. The third-order valence-corrected chi connectivity index (χ3v) is 4.38. The molecule has 0 fully saturated rings. The highest BCUT2D eigenvalue weighted by atomic mass is 79.9. The van der Waals surface area contributed by atoms with Gasteiger partial charge in [-0.15, -0.1) is 0 Å². The summed E-state index contributed by atoms with van der Waals surface area (Å²) in [5, 5.41) is 5.33. The molecule has 0 bridgehead atoms. The molecule has 3 aromatic rings. The lowest BCUT2D eigenvalue weighted by atomic mass is 10.1. The predicted octanol–water partition coefficient (Wildman–Crippen LogP) is 6.02. The topological polar surface area (TPSA) is 25.2 Å². The molecule has 108 valence electrons. The molecule has 21 heavy (non-hydrogen) atoms. The molecule has 0 radical (unpaired) electrons. The molecule has 0 spiro atoms. The van der Waals surface area contributed by atoms with Crippen molar-refractivity contribution in [3.63, 3.8) is 0 Å². The van der Waals surface area contributed by atoms with Crippen molar-refractivity contribution in [3.05, 3.63) is 63.3 Å². The molecule has 0 saturated heterocycles. The van der Waals surface area contributed by atoms with E-state index >= 15 is 0 Å². The maximum absolute atomic E-state index is 5.97. The summed E-state index contributed by atoms with van der Waals surface area (Å²) in [6, 6.07) is 13.9. The highest BCUT2D eigenvalue weighted by molar-refractivity contribution is 9.10. The predicted molar refractivity (Wildman–Crippen MR) is 92.1 cm³/mol. The molecule has 1 N–H and O–H groups in total. The summed E-state index contributed by atoms with van der Waals surface area (Å²) >= 11 is 9.50. The maximum Gasteiger partial charge on any atom is 0.134 e. The van der Waals surface area contributed by atoms with E-state index in [1.165, 1.54) is 10.9 Å². The first-order chi connectivity index (χ1) is 10.2. The minimum Gasteiger partial charge on any atom is -0.461 e. The second kappa shape index (κ2) is 6.12. The van der Waals surface area contributed by atoms with Crippen molar-refractivity contribution in [2.24, 2.45) is 0 Å². The number of nitrogens with one attached hydrogen (secondary N) is 1. The summed E-state index contributed by atoms with van der Waals surface area (Å²) in [6.07, 6.45) is 0.882. The Balaban J connectivity index is 1.91. The van der Waals surface area contributed by atoms with Crippen LogP contribution < -0.4 is 5.32 Å². The van der Waals surface area contributed by atoms with Crippen molar-refractivity contribution in [1.82, 2.24) is 0 Å². The van der Waals surface area contributed by atoms with E-state index in [0.29, 0.717) is 0 Å². The average molecular weight is 365 g/mol. The quantitative estimate of drug-likeness (QED) is 0.612. The van der Waals surface area contributed by atoms with Gasteiger partial charge >= 0.3 is 0 Å². The number of furan rings is 1. The van der Waals surface area contributed by atoms with Crippen molar-refractivity contribution in [2.45, 2.75) is 19.9 Å². The second-order valence-corrected chi connectivity index (χ2v) is 6.12. The van der Waals surface area contributed by atoms with Crippen molar-refractivity contribution >= 4 is 44.2 Å². The Labute approximate surface area is 137 Å². The van der Waals surface area contributed by atoms with Crippen LogP contribution in [0.4, 0.5) is 5.69 Å². The Bertz CT molecular complexity index is 782. The van der Waals surface area contributed by atoms with Crippen LogP contribution in [-0.4, -0.2) is 0 Å². The van der Waals surface area contributed by atoms with Gasteiger partial charge in [-0.1, -0.05) is 36.7 Å². The third-order valence-electron chi connectivity index (χ3n) is 3.49. The summed E-state index contributed by atoms with van der Waals surface area (Å²) in [5.41, 5.74) is 3.18. The molecule has 1 aromatic heterocycles. The second-order valence-electron chi connectivity index (χ2n) is 4.83. The van der Waals surface area contributed by atoms with Gasteiger partial charge in [-0.05, 0) is 40.2 Å². The zero-order chi connectivity index (χ0) is 14.8. The van der Waals surface area contributed by atoms with E-state index in [-0.39, 0.29) is 0 Å². The number of hydrogen-bond donors (Lipinski definition) is 1. The molecule has 0 aliphatic rings. The number of aryl methyl sites for hydroxylation is 1.